The number of benzene rings is 1. The number of thioether (sulfide) groups is 1. The summed E-state index contributed by atoms with van der Waals surface area (Å²) in [5.74, 6) is 1.84. The number of piperidine rings is 1. The molecule has 1 aromatic carbocycles. The van der Waals surface area contributed by atoms with Gasteiger partial charge in [-0.2, -0.15) is 10.2 Å². The third-order valence-electron chi connectivity index (χ3n) is 5.28. The first-order valence-electron chi connectivity index (χ1n) is 9.92. The zero-order chi connectivity index (χ0) is 21.4. The number of carbonyl (C=O) groups is 1. The average Bonchev–Trinajstić information content (AvgIpc) is 3.48. The fourth-order valence-corrected chi connectivity index (χ4v) is 4.96. The first-order chi connectivity index (χ1) is 15.1. The van der Waals surface area contributed by atoms with Gasteiger partial charge in [-0.1, -0.05) is 30.0 Å². The van der Waals surface area contributed by atoms with Crippen LogP contribution in [0.3, 0.4) is 0 Å². The number of oxazole rings is 1. The van der Waals surface area contributed by atoms with Crippen molar-refractivity contribution in [1.29, 1.82) is 5.26 Å². The van der Waals surface area contributed by atoms with Gasteiger partial charge in [-0.25, -0.2) is 0 Å². The Morgan fingerprint density at radius 1 is 1.23 bits per heavy atom. The minimum Gasteiger partial charge on any atom is -0.454 e. The van der Waals surface area contributed by atoms with Gasteiger partial charge < -0.3 is 18.8 Å². The zero-order valence-corrected chi connectivity index (χ0v) is 18.1. The number of hydrogen-bond acceptors (Lipinski definition) is 9. The molecule has 0 atom stereocenters. The summed E-state index contributed by atoms with van der Waals surface area (Å²) < 4.78 is 17.0. The minimum atomic E-state index is -0.219. The number of amides is 1. The highest BCUT2D eigenvalue weighted by Crippen LogP contribution is 2.37. The number of rotatable bonds is 4. The largest absolute Gasteiger partial charge is 0.454 e. The fraction of sp³-hybridized carbons (Fsp3) is 0.333. The Hall–Kier alpha value is -3.03. The molecule has 3 aliphatic heterocycles. The van der Waals surface area contributed by atoms with Gasteiger partial charge in [-0.05, 0) is 37.0 Å². The summed E-state index contributed by atoms with van der Waals surface area (Å²) in [6.07, 6.45) is 4.84. The molecule has 0 saturated carbocycles. The molecule has 0 radical (unpaired) electrons. The lowest BCUT2D eigenvalue weighted by Gasteiger charge is -2.25. The van der Waals surface area contributed by atoms with Crippen LogP contribution in [0.25, 0.3) is 6.08 Å². The summed E-state index contributed by atoms with van der Waals surface area (Å²) in [6, 6.07) is 7.65. The second kappa shape index (κ2) is 8.24. The molecule has 3 aliphatic rings. The van der Waals surface area contributed by atoms with E-state index in [-0.39, 0.29) is 24.3 Å². The maximum atomic E-state index is 13.0. The maximum absolute atomic E-state index is 13.0. The van der Waals surface area contributed by atoms with E-state index in [9.17, 15) is 10.1 Å². The molecule has 31 heavy (non-hydrogen) atoms. The number of fused-ring (bicyclic) bond motifs is 1. The standard InChI is InChI=1S/C21H18N4O4S2/c22-10-14-20(24-6-2-1-3-7-24)29-18(23-14)9-17-19(26)25(21(30)31-17)11-13-4-5-15-16(8-13)28-12-27-15/h4-5,8-9H,1-3,6-7,11-12H2/b17-9+. The van der Waals surface area contributed by atoms with Crippen LogP contribution in [0.2, 0.25) is 0 Å². The van der Waals surface area contributed by atoms with E-state index in [0.29, 0.717) is 33.2 Å². The third kappa shape index (κ3) is 3.86. The van der Waals surface area contributed by atoms with Crippen molar-refractivity contribution in [2.24, 2.45) is 0 Å². The quantitative estimate of drug-likeness (QED) is 0.507. The highest BCUT2D eigenvalue weighted by molar-refractivity contribution is 8.26. The SMILES string of the molecule is N#Cc1nc(/C=C2/SC(=S)N(Cc3ccc4c(c3)OCO4)C2=O)oc1N1CCCCC1. The monoisotopic (exact) mass is 454 g/mol. The number of aromatic nitrogens is 1. The molecule has 1 amide bonds. The van der Waals surface area contributed by atoms with Crippen molar-refractivity contribution in [1.82, 2.24) is 9.88 Å². The summed E-state index contributed by atoms with van der Waals surface area (Å²) in [5, 5.41) is 9.45. The van der Waals surface area contributed by atoms with Gasteiger partial charge >= 0.3 is 0 Å². The van der Waals surface area contributed by atoms with Gasteiger partial charge in [0.25, 0.3) is 5.91 Å². The van der Waals surface area contributed by atoms with Crippen LogP contribution in [0.4, 0.5) is 5.88 Å². The molecule has 10 heteroatoms. The molecule has 0 bridgehead atoms. The molecule has 1 aromatic heterocycles. The normalized spacial score (nSPS) is 19.4. The summed E-state index contributed by atoms with van der Waals surface area (Å²) in [6.45, 7) is 2.19. The van der Waals surface area contributed by atoms with Crippen LogP contribution in [0.5, 0.6) is 11.5 Å². The van der Waals surface area contributed by atoms with E-state index in [4.69, 9.17) is 26.1 Å². The Balaban J connectivity index is 1.35. The second-order valence-corrected chi connectivity index (χ2v) is 9.00. The summed E-state index contributed by atoms with van der Waals surface area (Å²) >= 11 is 6.62. The van der Waals surface area contributed by atoms with E-state index in [2.05, 4.69) is 11.1 Å². The van der Waals surface area contributed by atoms with E-state index in [0.717, 1.165) is 31.5 Å². The van der Waals surface area contributed by atoms with Gasteiger partial charge in [0.15, 0.2) is 11.5 Å². The fourth-order valence-electron chi connectivity index (χ4n) is 3.74. The maximum Gasteiger partial charge on any atom is 0.266 e. The molecule has 8 nitrogen and oxygen atoms in total. The van der Waals surface area contributed by atoms with Crippen molar-refractivity contribution in [2.75, 3.05) is 24.8 Å². The number of carbonyl (C=O) groups excluding carboxylic acids is 1. The van der Waals surface area contributed by atoms with Crippen molar-refractivity contribution in [2.45, 2.75) is 25.8 Å². The highest BCUT2D eigenvalue weighted by Gasteiger charge is 2.33. The van der Waals surface area contributed by atoms with E-state index >= 15 is 0 Å². The number of hydrogen-bond donors (Lipinski definition) is 0. The molecule has 158 valence electrons. The Labute approximate surface area is 188 Å². The second-order valence-electron chi connectivity index (χ2n) is 7.32. The highest BCUT2D eigenvalue weighted by atomic mass is 32.2. The van der Waals surface area contributed by atoms with Crippen LogP contribution in [0, 0.1) is 11.3 Å². The lowest BCUT2D eigenvalue weighted by Crippen LogP contribution is -2.29. The first kappa shape index (κ1) is 19.9. The van der Waals surface area contributed by atoms with E-state index < -0.39 is 0 Å². The van der Waals surface area contributed by atoms with Gasteiger partial charge in [-0.15, -0.1) is 0 Å². The number of ether oxygens (including phenoxy) is 2. The van der Waals surface area contributed by atoms with Crippen LogP contribution in [-0.2, 0) is 11.3 Å². The van der Waals surface area contributed by atoms with Crippen LogP contribution in [0.15, 0.2) is 27.5 Å². The molecule has 2 saturated heterocycles. The zero-order valence-electron chi connectivity index (χ0n) is 16.5. The molecular weight excluding hydrogens is 436 g/mol. The lowest BCUT2D eigenvalue weighted by molar-refractivity contribution is -0.122. The summed E-state index contributed by atoms with van der Waals surface area (Å²) in [7, 11) is 0. The number of nitriles is 1. The van der Waals surface area contributed by atoms with Gasteiger partial charge in [-0.3, -0.25) is 9.69 Å². The van der Waals surface area contributed by atoms with Gasteiger partial charge in [0, 0.05) is 19.2 Å². The van der Waals surface area contributed by atoms with Gasteiger partial charge in [0.2, 0.25) is 24.3 Å². The molecule has 0 N–H and O–H groups in total. The Morgan fingerprint density at radius 3 is 2.84 bits per heavy atom. The van der Waals surface area contributed by atoms with E-state index in [1.165, 1.54) is 23.1 Å². The molecule has 0 spiro atoms. The predicted molar refractivity (Wildman–Crippen MR) is 119 cm³/mol. The molecule has 0 unspecified atom stereocenters. The lowest BCUT2D eigenvalue weighted by atomic mass is 10.1. The minimum absolute atomic E-state index is 0.197. The topological polar surface area (TPSA) is 91.8 Å². The van der Waals surface area contributed by atoms with Crippen LogP contribution in [-0.4, -0.2) is 40.0 Å². The molecular formula is C21H18N4O4S2. The third-order valence-corrected chi connectivity index (χ3v) is 6.66. The van der Waals surface area contributed by atoms with Crippen molar-refractivity contribution in [3.63, 3.8) is 0 Å². The Morgan fingerprint density at radius 2 is 2.03 bits per heavy atom. The van der Waals surface area contributed by atoms with Gasteiger partial charge in [0.05, 0.1) is 11.4 Å². The Bertz CT molecular complexity index is 1130. The van der Waals surface area contributed by atoms with Crippen LogP contribution < -0.4 is 14.4 Å². The molecule has 0 aliphatic carbocycles. The van der Waals surface area contributed by atoms with Crippen LogP contribution in [0.1, 0.15) is 36.4 Å². The van der Waals surface area contributed by atoms with Crippen LogP contribution >= 0.6 is 24.0 Å². The van der Waals surface area contributed by atoms with Gasteiger partial charge in [0.1, 0.15) is 10.4 Å². The molecule has 4 heterocycles. The van der Waals surface area contributed by atoms with E-state index in [1.807, 2.05) is 23.1 Å². The van der Waals surface area contributed by atoms with E-state index in [1.54, 1.807) is 6.08 Å². The van der Waals surface area contributed by atoms with Crippen molar-refractivity contribution in [3.05, 3.63) is 40.3 Å². The first-order valence-corrected chi connectivity index (χ1v) is 11.1. The van der Waals surface area contributed by atoms with Crippen molar-refractivity contribution >= 4 is 46.2 Å². The molecule has 2 fully saturated rings. The van der Waals surface area contributed by atoms with Crippen molar-refractivity contribution < 1.29 is 18.7 Å². The smallest absolute Gasteiger partial charge is 0.266 e. The van der Waals surface area contributed by atoms with Crippen molar-refractivity contribution in [3.8, 4) is 17.6 Å². The molecule has 5 rings (SSSR count). The molecule has 2 aromatic rings. The predicted octanol–water partition coefficient (Wildman–Crippen LogP) is 3.67. The Kier molecular flexibility index (Phi) is 5.29. The number of thiocarbonyl (C=S) groups is 1. The average molecular weight is 455 g/mol. The number of anilines is 1. The summed E-state index contributed by atoms with van der Waals surface area (Å²) in [4.78, 5) is 21.2. The number of nitrogens with zero attached hydrogens (tertiary/aromatic N) is 4. The summed E-state index contributed by atoms with van der Waals surface area (Å²) in [5.41, 5.74) is 1.13.